The first-order valence-electron chi connectivity index (χ1n) is 14.0. The molecule has 11 heteroatoms. The van der Waals surface area contributed by atoms with E-state index in [2.05, 4.69) is 17.0 Å². The van der Waals surface area contributed by atoms with Crippen LogP contribution in [-0.4, -0.2) is 67.5 Å². The van der Waals surface area contributed by atoms with E-state index in [0.717, 1.165) is 25.9 Å². The van der Waals surface area contributed by atoms with E-state index in [1.807, 2.05) is 18.2 Å². The van der Waals surface area contributed by atoms with Crippen molar-refractivity contribution in [3.8, 4) is 5.75 Å². The molecular weight excluding hydrogens is 545 g/mol. The molecule has 6 rings (SSSR count). The summed E-state index contributed by atoms with van der Waals surface area (Å²) in [4.78, 5) is 40.7. The molecule has 0 saturated carbocycles. The molecule has 1 heterocycles. The molecule has 4 aliphatic rings. The van der Waals surface area contributed by atoms with E-state index in [1.54, 1.807) is 0 Å². The van der Waals surface area contributed by atoms with E-state index in [9.17, 15) is 34.8 Å². The first-order chi connectivity index (χ1) is 19.9. The first kappa shape index (κ1) is 28.1. The van der Waals surface area contributed by atoms with Crippen molar-refractivity contribution in [2.75, 3.05) is 13.1 Å². The quantitative estimate of drug-likeness (QED) is 0.296. The third-order valence-corrected chi connectivity index (χ3v) is 9.51. The Morgan fingerprint density at radius 1 is 1.07 bits per heavy atom. The molecule has 0 unspecified atom stereocenters. The predicted molar refractivity (Wildman–Crippen MR) is 148 cm³/mol. The number of aromatic hydroxyl groups is 1. The van der Waals surface area contributed by atoms with Crippen LogP contribution in [0.15, 0.2) is 59.1 Å². The van der Waals surface area contributed by atoms with Gasteiger partial charge in [-0.1, -0.05) is 30.3 Å². The van der Waals surface area contributed by atoms with Crippen LogP contribution in [0.25, 0.3) is 0 Å². The number of halogens is 1. The molecule has 1 fully saturated rings. The van der Waals surface area contributed by atoms with E-state index in [1.165, 1.54) is 11.6 Å². The molecule has 2 aromatic rings. The molecule has 2 aromatic carbocycles. The number of fused-ring (bicyclic) bond motifs is 3. The summed E-state index contributed by atoms with van der Waals surface area (Å²) in [6.07, 6.45) is 1.50. The molecule has 0 radical (unpaired) electrons. The molecule has 220 valence electrons. The highest BCUT2D eigenvalue weighted by molar-refractivity contribution is 6.24. The zero-order valence-corrected chi connectivity index (χ0v) is 22.7. The number of Topliss-reactive ketones (excluding diaryl/α,β-unsaturated/α-hetero) is 2. The SMILES string of the molecule is NC(=O)C1=C(O)[C@@H](N)[C@@H]2C[C@@H]3Cc4c(F)c(CN5CCC(c6ccccc6)CC5)cc(O)c4C(=O)C3=C(O)[C@]2(O)C1=O. The molecular formula is C31H32FN3O7. The third-order valence-electron chi connectivity index (χ3n) is 9.51. The molecule has 0 aromatic heterocycles. The van der Waals surface area contributed by atoms with Gasteiger partial charge in [0.1, 0.15) is 28.7 Å². The Labute approximate surface area is 240 Å². The Bertz CT molecular complexity index is 1580. The van der Waals surface area contributed by atoms with Crippen LogP contribution in [0, 0.1) is 17.7 Å². The summed E-state index contributed by atoms with van der Waals surface area (Å²) < 4.78 is 16.0. The largest absolute Gasteiger partial charge is 0.510 e. The topological polar surface area (TPSA) is 187 Å². The summed E-state index contributed by atoms with van der Waals surface area (Å²) in [5.41, 5.74) is 8.33. The number of amides is 1. The standard InChI is InChI=1S/C31H32FN3O7/c32-24-17(13-35-8-6-15(7-9-35)14-4-2-1-3-5-14)12-20(36)22-18(24)10-16-11-19-25(33)27(38)23(30(34)41)29(40)31(19,42)28(39)21(16)26(22)37/h1-5,12,15-16,19,25,36,38-39,42H,6-11,13,33H2,(H2,34,41)/t16-,19-,25-,31-/m0/s1. The fourth-order valence-electron chi connectivity index (χ4n) is 7.32. The lowest BCUT2D eigenvalue weighted by molar-refractivity contribution is -0.145. The van der Waals surface area contributed by atoms with Gasteiger partial charge in [0.25, 0.3) is 5.91 Å². The second-order valence-electron chi connectivity index (χ2n) is 11.8. The highest BCUT2D eigenvalue weighted by Crippen LogP contribution is 2.51. The van der Waals surface area contributed by atoms with Gasteiger partial charge >= 0.3 is 0 Å². The van der Waals surface area contributed by atoms with Crippen molar-refractivity contribution in [1.82, 2.24) is 4.90 Å². The average molecular weight is 578 g/mol. The molecule has 1 saturated heterocycles. The summed E-state index contributed by atoms with van der Waals surface area (Å²) in [7, 11) is 0. The molecule has 42 heavy (non-hydrogen) atoms. The predicted octanol–water partition coefficient (Wildman–Crippen LogP) is 2.04. The Hall–Kier alpha value is -4.06. The number of benzene rings is 2. The lowest BCUT2D eigenvalue weighted by Crippen LogP contribution is -2.63. The lowest BCUT2D eigenvalue weighted by Gasteiger charge is -2.47. The number of primary amides is 1. The Morgan fingerprint density at radius 3 is 2.38 bits per heavy atom. The number of aliphatic hydroxyl groups is 3. The number of aliphatic hydroxyl groups excluding tert-OH is 2. The molecule has 4 atom stereocenters. The average Bonchev–Trinajstić information content (AvgIpc) is 2.96. The molecule has 3 aliphatic carbocycles. The number of nitrogens with zero attached hydrogens (tertiary/aromatic N) is 1. The summed E-state index contributed by atoms with van der Waals surface area (Å²) in [6, 6.07) is 9.97. The van der Waals surface area contributed by atoms with Crippen LogP contribution in [-0.2, 0) is 22.6 Å². The van der Waals surface area contributed by atoms with Gasteiger partial charge in [0.15, 0.2) is 11.4 Å². The number of rotatable bonds is 4. The summed E-state index contributed by atoms with van der Waals surface area (Å²) in [6.45, 7) is 1.70. The number of phenols is 1. The van der Waals surface area contributed by atoms with Gasteiger partial charge in [-0.25, -0.2) is 4.39 Å². The van der Waals surface area contributed by atoms with Crippen molar-refractivity contribution in [2.45, 2.75) is 49.8 Å². The van der Waals surface area contributed by atoms with Gasteiger partial charge in [-0.05, 0) is 62.2 Å². The third kappa shape index (κ3) is 4.06. The normalized spacial score (nSPS) is 28.4. The van der Waals surface area contributed by atoms with Gasteiger partial charge in [0, 0.05) is 29.2 Å². The van der Waals surface area contributed by atoms with Gasteiger partial charge < -0.3 is 31.9 Å². The molecule has 1 amide bonds. The number of nitrogens with two attached hydrogens (primary N) is 2. The number of ketones is 2. The molecule has 0 spiro atoms. The summed E-state index contributed by atoms with van der Waals surface area (Å²) in [5.74, 6) is -8.39. The molecule has 8 N–H and O–H groups in total. The van der Waals surface area contributed by atoms with E-state index < -0.39 is 69.6 Å². The van der Waals surface area contributed by atoms with Crippen LogP contribution in [0.3, 0.4) is 0 Å². The van der Waals surface area contributed by atoms with Crippen molar-refractivity contribution < 1.29 is 39.2 Å². The fourth-order valence-corrected chi connectivity index (χ4v) is 7.32. The molecule has 10 nitrogen and oxygen atoms in total. The minimum atomic E-state index is -2.80. The lowest BCUT2D eigenvalue weighted by atomic mass is 9.59. The van der Waals surface area contributed by atoms with E-state index in [4.69, 9.17) is 11.5 Å². The Morgan fingerprint density at radius 2 is 1.74 bits per heavy atom. The first-order valence-corrected chi connectivity index (χ1v) is 14.0. The number of carbonyl (C=O) groups excluding carboxylic acids is 3. The fraction of sp³-hybridized carbons (Fsp3) is 0.387. The maximum Gasteiger partial charge on any atom is 0.255 e. The van der Waals surface area contributed by atoms with Crippen LogP contribution in [0.1, 0.15) is 52.2 Å². The molecule has 0 bridgehead atoms. The minimum Gasteiger partial charge on any atom is -0.510 e. The molecule has 1 aliphatic heterocycles. The second-order valence-corrected chi connectivity index (χ2v) is 11.8. The van der Waals surface area contributed by atoms with Crippen LogP contribution in [0.4, 0.5) is 4.39 Å². The smallest absolute Gasteiger partial charge is 0.255 e. The van der Waals surface area contributed by atoms with Crippen molar-refractivity contribution in [3.63, 3.8) is 0 Å². The van der Waals surface area contributed by atoms with Gasteiger partial charge in [0.2, 0.25) is 5.78 Å². The second kappa shape index (κ2) is 10.0. The van der Waals surface area contributed by atoms with E-state index >= 15 is 4.39 Å². The number of piperidine rings is 1. The van der Waals surface area contributed by atoms with Crippen molar-refractivity contribution >= 4 is 17.5 Å². The van der Waals surface area contributed by atoms with Gasteiger partial charge in [-0.2, -0.15) is 0 Å². The zero-order valence-electron chi connectivity index (χ0n) is 22.7. The highest BCUT2D eigenvalue weighted by Gasteiger charge is 2.62. The van der Waals surface area contributed by atoms with E-state index in [-0.39, 0.29) is 41.6 Å². The maximum atomic E-state index is 16.0. The van der Waals surface area contributed by atoms with Gasteiger partial charge in [0.05, 0.1) is 11.6 Å². The highest BCUT2D eigenvalue weighted by atomic mass is 19.1. The number of likely N-dealkylation sites (tertiary alicyclic amines) is 1. The Balaban J connectivity index is 1.31. The minimum absolute atomic E-state index is 0.0190. The van der Waals surface area contributed by atoms with Gasteiger partial charge in [-0.15, -0.1) is 0 Å². The summed E-state index contributed by atoms with van der Waals surface area (Å²) in [5, 5.41) is 43.9. The van der Waals surface area contributed by atoms with Crippen LogP contribution in [0.2, 0.25) is 0 Å². The monoisotopic (exact) mass is 577 g/mol. The number of carbonyl (C=O) groups is 3. The van der Waals surface area contributed by atoms with Crippen molar-refractivity contribution in [2.24, 2.45) is 23.3 Å². The van der Waals surface area contributed by atoms with Crippen LogP contribution < -0.4 is 11.5 Å². The van der Waals surface area contributed by atoms with E-state index in [0.29, 0.717) is 5.92 Å². The van der Waals surface area contributed by atoms with Gasteiger partial charge in [-0.3, -0.25) is 19.3 Å². The van der Waals surface area contributed by atoms with Crippen LogP contribution >= 0.6 is 0 Å². The van der Waals surface area contributed by atoms with Crippen LogP contribution in [0.5, 0.6) is 5.75 Å². The van der Waals surface area contributed by atoms with Crippen molar-refractivity contribution in [3.05, 3.63) is 87.1 Å². The summed E-state index contributed by atoms with van der Waals surface area (Å²) >= 11 is 0. The Kier molecular flexibility index (Phi) is 6.71. The number of phenolic OH excluding ortho intramolecular Hbond substituents is 1. The zero-order chi connectivity index (χ0) is 30.1. The maximum absolute atomic E-state index is 16.0. The van der Waals surface area contributed by atoms with Crippen molar-refractivity contribution in [1.29, 1.82) is 0 Å². The number of allylic oxidation sites excluding steroid dienone is 1. The number of hydrogen-bond donors (Lipinski definition) is 6. The number of hydrogen-bond acceptors (Lipinski definition) is 9.